The third kappa shape index (κ3) is 2.51. The van der Waals surface area contributed by atoms with Gasteiger partial charge in [-0.05, 0) is 29.7 Å². The van der Waals surface area contributed by atoms with Crippen LogP contribution >= 0.6 is 15.9 Å². The van der Waals surface area contributed by atoms with Gasteiger partial charge in [0, 0.05) is 9.89 Å². The summed E-state index contributed by atoms with van der Waals surface area (Å²) in [5.41, 5.74) is 1.15. The number of hydrogen-bond donors (Lipinski definition) is 2. The van der Waals surface area contributed by atoms with E-state index >= 15 is 0 Å². The number of aliphatic hydroxyl groups is 2. The number of furan rings is 1. The minimum absolute atomic E-state index is 0.128. The van der Waals surface area contributed by atoms with E-state index in [1.165, 1.54) is 0 Å². The monoisotopic (exact) mass is 310 g/mol. The van der Waals surface area contributed by atoms with Crippen LogP contribution in [0.25, 0.3) is 0 Å². The Morgan fingerprint density at radius 2 is 1.83 bits per heavy atom. The maximum atomic E-state index is 9.74. The van der Waals surface area contributed by atoms with Crippen LogP contribution in [-0.2, 0) is 11.8 Å². The quantitative estimate of drug-likeness (QED) is 0.892. The Bertz CT molecular complexity index is 490. The standard InChI is InChI=1S/C14H15BrO3/c15-13-4-2-1-3-12(13)14(9-16,10-17)7-11-5-6-18-8-11/h1-6,8,16-17H,7,9-10H2. The van der Waals surface area contributed by atoms with Crippen LogP contribution in [0.5, 0.6) is 0 Å². The third-order valence-electron chi connectivity index (χ3n) is 3.17. The van der Waals surface area contributed by atoms with E-state index in [0.29, 0.717) is 6.42 Å². The van der Waals surface area contributed by atoms with Crippen molar-refractivity contribution < 1.29 is 14.6 Å². The van der Waals surface area contributed by atoms with Crippen molar-refractivity contribution in [2.75, 3.05) is 13.2 Å². The summed E-state index contributed by atoms with van der Waals surface area (Å²) in [4.78, 5) is 0. The fourth-order valence-electron chi connectivity index (χ4n) is 2.10. The number of aliphatic hydroxyl groups excluding tert-OH is 2. The van der Waals surface area contributed by atoms with Crippen molar-refractivity contribution >= 4 is 15.9 Å². The van der Waals surface area contributed by atoms with Gasteiger partial charge in [-0.1, -0.05) is 34.1 Å². The molecule has 2 rings (SSSR count). The first kappa shape index (κ1) is 13.3. The van der Waals surface area contributed by atoms with E-state index < -0.39 is 5.41 Å². The molecule has 0 radical (unpaired) electrons. The molecule has 1 aromatic carbocycles. The van der Waals surface area contributed by atoms with Crippen LogP contribution in [0.2, 0.25) is 0 Å². The van der Waals surface area contributed by atoms with Crippen molar-refractivity contribution in [3.05, 3.63) is 58.5 Å². The third-order valence-corrected chi connectivity index (χ3v) is 3.86. The second kappa shape index (κ2) is 5.69. The first-order valence-electron chi connectivity index (χ1n) is 5.70. The molecule has 96 valence electrons. The van der Waals surface area contributed by atoms with Gasteiger partial charge >= 0.3 is 0 Å². The molecule has 0 bridgehead atoms. The van der Waals surface area contributed by atoms with Crippen LogP contribution in [0, 0.1) is 0 Å². The number of benzene rings is 1. The van der Waals surface area contributed by atoms with Crippen LogP contribution in [0.4, 0.5) is 0 Å². The van der Waals surface area contributed by atoms with Gasteiger partial charge in [-0.15, -0.1) is 0 Å². The number of halogens is 1. The van der Waals surface area contributed by atoms with Gasteiger partial charge in [-0.3, -0.25) is 0 Å². The van der Waals surface area contributed by atoms with Crippen molar-refractivity contribution in [3.63, 3.8) is 0 Å². The van der Waals surface area contributed by atoms with E-state index in [0.717, 1.165) is 15.6 Å². The van der Waals surface area contributed by atoms with Crippen LogP contribution in [0.1, 0.15) is 11.1 Å². The predicted molar refractivity (Wildman–Crippen MR) is 72.4 cm³/mol. The molecule has 1 aromatic heterocycles. The van der Waals surface area contributed by atoms with Gasteiger partial charge < -0.3 is 14.6 Å². The molecule has 0 unspecified atom stereocenters. The summed E-state index contributed by atoms with van der Waals surface area (Å²) in [5, 5.41) is 19.5. The zero-order valence-electron chi connectivity index (χ0n) is 9.84. The average molecular weight is 311 g/mol. The second-order valence-corrected chi connectivity index (χ2v) is 5.24. The smallest absolute Gasteiger partial charge is 0.0934 e. The van der Waals surface area contributed by atoms with Crippen molar-refractivity contribution in [1.82, 2.24) is 0 Å². The average Bonchev–Trinajstić information content (AvgIpc) is 2.90. The molecular formula is C14H15BrO3. The van der Waals surface area contributed by atoms with Gasteiger partial charge in [0.15, 0.2) is 0 Å². The first-order chi connectivity index (χ1) is 8.72. The normalized spacial score (nSPS) is 11.7. The Kier molecular flexibility index (Phi) is 4.22. The minimum atomic E-state index is -0.704. The van der Waals surface area contributed by atoms with E-state index in [4.69, 9.17) is 4.42 Å². The Morgan fingerprint density at radius 3 is 2.39 bits per heavy atom. The highest BCUT2D eigenvalue weighted by molar-refractivity contribution is 9.10. The molecule has 3 nitrogen and oxygen atoms in total. The topological polar surface area (TPSA) is 53.6 Å². The SMILES string of the molecule is OCC(CO)(Cc1ccoc1)c1ccccc1Br. The Hall–Kier alpha value is -1.10. The van der Waals surface area contributed by atoms with Crippen LogP contribution in [-0.4, -0.2) is 23.4 Å². The van der Waals surface area contributed by atoms with Crippen LogP contribution in [0.15, 0.2) is 51.7 Å². The lowest BCUT2D eigenvalue weighted by Gasteiger charge is -2.31. The summed E-state index contributed by atoms with van der Waals surface area (Å²) < 4.78 is 5.93. The maximum absolute atomic E-state index is 9.74. The highest BCUT2D eigenvalue weighted by atomic mass is 79.9. The van der Waals surface area contributed by atoms with Crippen LogP contribution < -0.4 is 0 Å². The predicted octanol–water partition coefficient (Wildman–Crippen LogP) is 2.51. The van der Waals surface area contributed by atoms with Gasteiger partial charge in [0.2, 0.25) is 0 Å². The van der Waals surface area contributed by atoms with E-state index in [1.807, 2.05) is 30.3 Å². The van der Waals surface area contributed by atoms with E-state index in [1.54, 1.807) is 12.5 Å². The molecule has 0 aliphatic carbocycles. The molecule has 0 saturated heterocycles. The lowest BCUT2D eigenvalue weighted by atomic mass is 9.77. The Labute approximate surface area is 114 Å². The fourth-order valence-corrected chi connectivity index (χ4v) is 2.81. The van der Waals surface area contributed by atoms with E-state index in [-0.39, 0.29) is 13.2 Å². The molecule has 0 spiro atoms. The Balaban J connectivity index is 2.40. The molecule has 2 N–H and O–H groups in total. The zero-order valence-corrected chi connectivity index (χ0v) is 11.4. The van der Waals surface area contributed by atoms with Crippen LogP contribution in [0.3, 0.4) is 0 Å². The minimum Gasteiger partial charge on any atom is -0.472 e. The highest BCUT2D eigenvalue weighted by Crippen LogP contribution is 2.33. The second-order valence-electron chi connectivity index (χ2n) is 4.38. The highest BCUT2D eigenvalue weighted by Gasteiger charge is 2.33. The van der Waals surface area contributed by atoms with E-state index in [2.05, 4.69) is 15.9 Å². The summed E-state index contributed by atoms with van der Waals surface area (Å²) in [6, 6.07) is 9.47. The summed E-state index contributed by atoms with van der Waals surface area (Å²) in [7, 11) is 0. The zero-order chi connectivity index (χ0) is 13.0. The summed E-state index contributed by atoms with van der Waals surface area (Å²) in [6.07, 6.45) is 3.75. The lowest BCUT2D eigenvalue weighted by molar-refractivity contribution is 0.115. The molecule has 0 saturated carbocycles. The van der Waals surface area contributed by atoms with Gasteiger partial charge in [0.1, 0.15) is 0 Å². The Morgan fingerprint density at radius 1 is 1.11 bits per heavy atom. The van der Waals surface area contributed by atoms with Crippen molar-refractivity contribution in [2.45, 2.75) is 11.8 Å². The summed E-state index contributed by atoms with van der Waals surface area (Å²) >= 11 is 3.47. The summed E-state index contributed by atoms with van der Waals surface area (Å²) in [6.45, 7) is -0.255. The molecule has 1 heterocycles. The molecule has 2 aromatic rings. The number of hydrogen-bond acceptors (Lipinski definition) is 3. The molecule has 0 atom stereocenters. The van der Waals surface area contributed by atoms with Gasteiger partial charge in [-0.25, -0.2) is 0 Å². The lowest BCUT2D eigenvalue weighted by Crippen LogP contribution is -2.37. The molecule has 18 heavy (non-hydrogen) atoms. The summed E-state index contributed by atoms with van der Waals surface area (Å²) in [5.74, 6) is 0. The first-order valence-corrected chi connectivity index (χ1v) is 6.49. The van der Waals surface area contributed by atoms with Crippen molar-refractivity contribution in [3.8, 4) is 0 Å². The molecule has 4 heteroatoms. The largest absolute Gasteiger partial charge is 0.472 e. The van der Waals surface area contributed by atoms with Gasteiger partial charge in [0.05, 0.1) is 25.7 Å². The van der Waals surface area contributed by atoms with Crippen molar-refractivity contribution in [2.24, 2.45) is 0 Å². The molecular weight excluding hydrogens is 296 g/mol. The molecule has 0 amide bonds. The van der Waals surface area contributed by atoms with Crippen molar-refractivity contribution in [1.29, 1.82) is 0 Å². The fraction of sp³-hybridized carbons (Fsp3) is 0.286. The maximum Gasteiger partial charge on any atom is 0.0934 e. The van der Waals surface area contributed by atoms with E-state index in [9.17, 15) is 10.2 Å². The number of rotatable bonds is 5. The molecule has 0 aliphatic rings. The van der Waals surface area contributed by atoms with Gasteiger partial charge in [-0.2, -0.15) is 0 Å². The molecule has 0 fully saturated rings. The molecule has 0 aliphatic heterocycles. The van der Waals surface area contributed by atoms with Gasteiger partial charge in [0.25, 0.3) is 0 Å².